The molecule has 4 heterocycles. The topological polar surface area (TPSA) is 127 Å². The first kappa shape index (κ1) is 37.6. The molecule has 2 saturated heterocycles. The molecule has 2 N–H and O–H groups in total. The van der Waals surface area contributed by atoms with Crippen LogP contribution in [0.15, 0.2) is 54.6 Å². The highest BCUT2D eigenvalue weighted by Crippen LogP contribution is 2.37. The van der Waals surface area contributed by atoms with Crippen LogP contribution in [0.3, 0.4) is 0 Å². The molecule has 1 atom stereocenters. The Bertz CT molecular complexity index is 2110. The van der Waals surface area contributed by atoms with E-state index in [4.69, 9.17) is 18.2 Å². The summed E-state index contributed by atoms with van der Waals surface area (Å²) in [6.07, 6.45) is 4.42. The molecule has 0 radical (unpaired) electrons. The van der Waals surface area contributed by atoms with Crippen molar-refractivity contribution in [3.8, 4) is 0 Å². The normalized spacial score (nSPS) is 23.4. The van der Waals surface area contributed by atoms with E-state index in [9.17, 15) is 24.0 Å². The van der Waals surface area contributed by atoms with Gasteiger partial charge in [0.1, 0.15) is 11.7 Å². The molecule has 5 amide bonds. The zero-order valence-electron chi connectivity index (χ0n) is 31.2. The second kappa shape index (κ2) is 15.0. The van der Waals surface area contributed by atoms with Crippen molar-refractivity contribution in [2.45, 2.75) is 88.3 Å². The molecule has 3 fully saturated rings. The fourth-order valence-electron chi connectivity index (χ4n) is 8.99. The van der Waals surface area contributed by atoms with E-state index in [1.807, 2.05) is 48.3 Å². The van der Waals surface area contributed by atoms with Crippen molar-refractivity contribution in [3.05, 3.63) is 98.9 Å². The molecule has 1 saturated carbocycles. The molecule has 3 aromatic rings. The lowest BCUT2D eigenvalue weighted by molar-refractivity contribution is -0.136. The van der Waals surface area contributed by atoms with E-state index in [2.05, 4.69) is 25.3 Å². The lowest BCUT2D eigenvalue weighted by Crippen LogP contribution is -2.54. The van der Waals surface area contributed by atoms with E-state index in [0.29, 0.717) is 61.3 Å². The van der Waals surface area contributed by atoms with Gasteiger partial charge in [0.25, 0.3) is 17.7 Å². The molecule has 3 aromatic carbocycles. The Morgan fingerprint density at radius 3 is 2.18 bits per heavy atom. The standard InChI is InChI=1S/C42H43ClFN7O5/c1-45-35-12-11-31(21-34(35)43)48(2)29-9-5-28(6-10-29)46-38(53)25-3-7-30(8-4-25)50-17-15-42(44,16-18-50)24-49-22-26-19-32-33(20-27(26)23-49)41(56)51(40(32)55)36-13-14-37(52)47-39(36)54/h3-4,7-8,11-12,19-21,28-29,36H,5-6,9-10,13-18,22-24H2,2H3,(H,46,53)(H,47,52,54). The first-order chi connectivity index (χ1) is 26.9. The lowest BCUT2D eigenvalue weighted by atomic mass is 9.90. The highest BCUT2D eigenvalue weighted by atomic mass is 35.5. The van der Waals surface area contributed by atoms with Crippen molar-refractivity contribution >= 4 is 58.2 Å². The van der Waals surface area contributed by atoms with Crippen LogP contribution in [0.5, 0.6) is 0 Å². The predicted molar refractivity (Wildman–Crippen MR) is 209 cm³/mol. The molecule has 1 unspecified atom stereocenters. The minimum Gasteiger partial charge on any atom is -0.372 e. The number of hydrogen-bond acceptors (Lipinski definition) is 8. The highest BCUT2D eigenvalue weighted by molar-refractivity contribution is 6.33. The van der Waals surface area contributed by atoms with Crippen LogP contribution in [0.1, 0.15) is 93.6 Å². The molecular weight excluding hydrogens is 737 g/mol. The molecule has 5 aliphatic rings. The van der Waals surface area contributed by atoms with E-state index < -0.39 is 35.3 Å². The number of nitrogens with one attached hydrogen (secondary N) is 2. The summed E-state index contributed by atoms with van der Waals surface area (Å²) < 4.78 is 16.3. The number of carbonyl (C=O) groups excluding carboxylic acids is 5. The molecule has 12 nitrogen and oxygen atoms in total. The minimum absolute atomic E-state index is 0.0613. The summed E-state index contributed by atoms with van der Waals surface area (Å²) in [7, 11) is 2.04. The van der Waals surface area contributed by atoms with Gasteiger partial charge >= 0.3 is 0 Å². The number of carbonyl (C=O) groups is 5. The Kier molecular flexibility index (Phi) is 10.1. The van der Waals surface area contributed by atoms with Crippen molar-refractivity contribution in [3.63, 3.8) is 0 Å². The van der Waals surface area contributed by atoms with Gasteiger partial charge in [0, 0.05) is 93.1 Å². The molecule has 14 heteroatoms. The molecule has 8 rings (SSSR count). The smallest absolute Gasteiger partial charge is 0.262 e. The average Bonchev–Trinajstić information content (AvgIpc) is 3.69. The van der Waals surface area contributed by atoms with Crippen LogP contribution in [0.4, 0.5) is 21.5 Å². The first-order valence-corrected chi connectivity index (χ1v) is 19.6. The summed E-state index contributed by atoms with van der Waals surface area (Å²) in [5.41, 5.74) is 3.77. The largest absolute Gasteiger partial charge is 0.372 e. The molecular formula is C42H43ClFN7O5. The maximum Gasteiger partial charge on any atom is 0.262 e. The molecule has 56 heavy (non-hydrogen) atoms. The SMILES string of the molecule is [C-]#[N+]c1ccc(N(C)C2CCC(NC(=O)c3ccc(N4CCC(F)(CN5Cc6cc7c(cc6C5)C(=O)N(C5CCC(=O)NC5=O)C7=O)CC4)cc3)CC2)cc1Cl. The molecule has 290 valence electrons. The summed E-state index contributed by atoms with van der Waals surface area (Å²) in [4.78, 5) is 74.5. The van der Waals surface area contributed by atoms with E-state index >= 15 is 4.39 Å². The Balaban J connectivity index is 0.801. The van der Waals surface area contributed by atoms with E-state index in [-0.39, 0.29) is 42.5 Å². The van der Waals surface area contributed by atoms with Crippen LogP contribution in [0.2, 0.25) is 5.02 Å². The van der Waals surface area contributed by atoms with Crippen molar-refractivity contribution < 1.29 is 28.4 Å². The number of nitrogens with zero attached hydrogens (tertiary/aromatic N) is 5. The van der Waals surface area contributed by atoms with Crippen molar-refractivity contribution in [1.29, 1.82) is 0 Å². The number of halogens is 2. The third-order valence-electron chi connectivity index (χ3n) is 12.2. The molecule has 0 aromatic heterocycles. The Morgan fingerprint density at radius 1 is 0.946 bits per heavy atom. The van der Waals surface area contributed by atoms with Crippen LogP contribution in [0.25, 0.3) is 4.85 Å². The number of benzene rings is 3. The van der Waals surface area contributed by atoms with E-state index in [1.165, 1.54) is 0 Å². The molecule has 1 aliphatic carbocycles. The van der Waals surface area contributed by atoms with Crippen LogP contribution >= 0.6 is 11.6 Å². The summed E-state index contributed by atoms with van der Waals surface area (Å²) in [5, 5.41) is 5.87. The van der Waals surface area contributed by atoms with Crippen LogP contribution in [0, 0.1) is 6.57 Å². The number of rotatable bonds is 8. The number of anilines is 2. The van der Waals surface area contributed by atoms with Gasteiger partial charge in [0.15, 0.2) is 0 Å². The van der Waals surface area contributed by atoms with Crippen LogP contribution < -0.4 is 20.4 Å². The fraction of sp³-hybridized carbons (Fsp3) is 0.429. The number of alkyl halides is 1. The average molecular weight is 780 g/mol. The van der Waals surface area contributed by atoms with Crippen LogP contribution in [-0.4, -0.2) is 89.8 Å². The van der Waals surface area contributed by atoms with E-state index in [0.717, 1.165) is 53.1 Å². The van der Waals surface area contributed by atoms with Crippen molar-refractivity contribution in [2.75, 3.05) is 36.5 Å². The number of amides is 5. The summed E-state index contributed by atoms with van der Waals surface area (Å²) in [6.45, 7) is 9.42. The second-order valence-corrected chi connectivity index (χ2v) is 16.2. The van der Waals surface area contributed by atoms with Crippen molar-refractivity contribution in [1.82, 2.24) is 20.4 Å². The Labute approximate surface area is 329 Å². The van der Waals surface area contributed by atoms with Gasteiger partial charge in [-0.2, -0.15) is 0 Å². The lowest BCUT2D eigenvalue weighted by Gasteiger charge is -2.39. The van der Waals surface area contributed by atoms with Gasteiger partial charge in [-0.25, -0.2) is 9.24 Å². The maximum atomic E-state index is 16.3. The van der Waals surface area contributed by atoms with Gasteiger partial charge in [-0.15, -0.1) is 0 Å². The predicted octanol–water partition coefficient (Wildman–Crippen LogP) is 5.79. The monoisotopic (exact) mass is 779 g/mol. The quantitative estimate of drug-likeness (QED) is 0.217. The minimum atomic E-state index is -1.40. The highest BCUT2D eigenvalue weighted by Gasteiger charge is 2.46. The van der Waals surface area contributed by atoms with E-state index in [1.54, 1.807) is 18.2 Å². The fourth-order valence-corrected chi connectivity index (χ4v) is 9.21. The van der Waals surface area contributed by atoms with Crippen LogP contribution in [-0.2, 0) is 22.7 Å². The Hall–Kier alpha value is -5.32. The maximum absolute atomic E-state index is 16.3. The summed E-state index contributed by atoms with van der Waals surface area (Å²) >= 11 is 6.26. The first-order valence-electron chi connectivity index (χ1n) is 19.2. The second-order valence-electron chi connectivity index (χ2n) is 15.8. The van der Waals surface area contributed by atoms with Crippen molar-refractivity contribution in [2.24, 2.45) is 0 Å². The molecule has 0 spiro atoms. The number of fused-ring (bicyclic) bond motifs is 2. The number of hydrogen-bond donors (Lipinski definition) is 2. The van der Waals surface area contributed by atoms with Gasteiger partial charge in [-0.1, -0.05) is 17.7 Å². The Morgan fingerprint density at radius 2 is 1.59 bits per heavy atom. The number of piperidine rings is 2. The third kappa shape index (κ3) is 7.23. The number of imide groups is 2. The summed E-state index contributed by atoms with van der Waals surface area (Å²) in [6, 6.07) is 15.8. The van der Waals surface area contributed by atoms with Gasteiger partial charge in [-0.3, -0.25) is 39.1 Å². The van der Waals surface area contributed by atoms with Gasteiger partial charge < -0.3 is 15.1 Å². The zero-order chi connectivity index (χ0) is 39.3. The molecule has 0 bridgehead atoms. The van der Waals surface area contributed by atoms with Gasteiger partial charge in [-0.05, 0) is 91.8 Å². The van der Waals surface area contributed by atoms with Gasteiger partial charge in [0.05, 0.1) is 17.7 Å². The summed E-state index contributed by atoms with van der Waals surface area (Å²) in [5.74, 6) is -2.25. The zero-order valence-corrected chi connectivity index (χ0v) is 31.9. The van der Waals surface area contributed by atoms with Gasteiger partial charge in [0.2, 0.25) is 17.5 Å². The third-order valence-corrected chi connectivity index (χ3v) is 12.6. The molecule has 4 aliphatic heterocycles.